The molecule has 0 rings (SSSR count). The maximum absolute atomic E-state index is 11.3. The van der Waals surface area contributed by atoms with Crippen molar-refractivity contribution in [1.82, 2.24) is 10.6 Å². The van der Waals surface area contributed by atoms with E-state index >= 15 is 0 Å². The molecule has 0 heterocycles. The van der Waals surface area contributed by atoms with E-state index in [1.807, 2.05) is 13.8 Å². The first-order valence-electron chi connectivity index (χ1n) is 6.82. The number of hydrogen-bond donors (Lipinski definition) is 3. The molecule has 0 saturated heterocycles. The van der Waals surface area contributed by atoms with Gasteiger partial charge in [0.05, 0.1) is 12.7 Å². The number of carbonyl (C=O) groups excluding carboxylic acids is 1. The average Bonchev–Trinajstić information content (AvgIpc) is 2.29. The van der Waals surface area contributed by atoms with Gasteiger partial charge in [0.25, 0.3) is 0 Å². The minimum absolute atomic E-state index is 0.0335. The lowest BCUT2D eigenvalue weighted by Gasteiger charge is -2.12. The summed E-state index contributed by atoms with van der Waals surface area (Å²) in [6.45, 7) is 8.05. The molecule has 0 spiro atoms. The average molecular weight is 260 g/mol. The number of nitrogens with one attached hydrogen (secondary N) is 2. The number of carbonyl (C=O) groups is 1. The summed E-state index contributed by atoms with van der Waals surface area (Å²) in [5.41, 5.74) is 0. The molecule has 0 aromatic heterocycles. The zero-order chi connectivity index (χ0) is 13.8. The lowest BCUT2D eigenvalue weighted by molar-refractivity contribution is -0.121. The van der Waals surface area contributed by atoms with Crippen LogP contribution in [-0.2, 0) is 9.53 Å². The van der Waals surface area contributed by atoms with Gasteiger partial charge in [0, 0.05) is 32.2 Å². The molecule has 0 aromatic rings. The number of rotatable bonds is 11. The van der Waals surface area contributed by atoms with Gasteiger partial charge in [0.1, 0.15) is 0 Å². The maximum Gasteiger partial charge on any atom is 0.221 e. The zero-order valence-corrected chi connectivity index (χ0v) is 11.9. The fourth-order valence-corrected chi connectivity index (χ4v) is 1.39. The van der Waals surface area contributed by atoms with E-state index in [0.717, 1.165) is 12.8 Å². The van der Waals surface area contributed by atoms with Gasteiger partial charge >= 0.3 is 0 Å². The Balaban J connectivity index is 3.34. The molecule has 0 aliphatic rings. The molecule has 0 aliphatic carbocycles. The van der Waals surface area contributed by atoms with Gasteiger partial charge < -0.3 is 20.5 Å². The highest BCUT2D eigenvalue weighted by Crippen LogP contribution is 1.90. The molecule has 0 fully saturated rings. The Hall–Kier alpha value is -0.650. The molecule has 0 aromatic carbocycles. The summed E-state index contributed by atoms with van der Waals surface area (Å²) in [5.74, 6) is 0.0335. The monoisotopic (exact) mass is 260 g/mol. The van der Waals surface area contributed by atoms with Gasteiger partial charge in [0.15, 0.2) is 0 Å². The zero-order valence-electron chi connectivity index (χ0n) is 11.9. The second kappa shape index (κ2) is 11.4. The predicted molar refractivity (Wildman–Crippen MR) is 72.5 cm³/mol. The third-order valence-corrected chi connectivity index (χ3v) is 2.31. The number of hydrogen-bond acceptors (Lipinski definition) is 4. The molecular weight excluding hydrogens is 232 g/mol. The minimum atomic E-state index is -0.505. The SMILES string of the molecule is CCCCOCC(O)CNCCC(=O)NC(C)C. The van der Waals surface area contributed by atoms with Crippen molar-refractivity contribution in [2.75, 3.05) is 26.3 Å². The molecule has 1 unspecified atom stereocenters. The number of ether oxygens (including phenoxy) is 1. The third-order valence-electron chi connectivity index (χ3n) is 2.31. The van der Waals surface area contributed by atoms with E-state index in [2.05, 4.69) is 17.6 Å². The summed E-state index contributed by atoms with van der Waals surface area (Å²) >= 11 is 0. The van der Waals surface area contributed by atoms with Crippen LogP contribution in [0.3, 0.4) is 0 Å². The van der Waals surface area contributed by atoms with Crippen molar-refractivity contribution in [2.45, 2.75) is 52.2 Å². The topological polar surface area (TPSA) is 70.6 Å². The van der Waals surface area contributed by atoms with Crippen LogP contribution >= 0.6 is 0 Å². The Morgan fingerprint density at radius 2 is 2.11 bits per heavy atom. The van der Waals surface area contributed by atoms with Crippen LogP contribution in [-0.4, -0.2) is 49.5 Å². The van der Waals surface area contributed by atoms with Crippen LogP contribution in [0.15, 0.2) is 0 Å². The Morgan fingerprint density at radius 3 is 2.72 bits per heavy atom. The highest BCUT2D eigenvalue weighted by Gasteiger charge is 2.05. The third kappa shape index (κ3) is 11.8. The molecule has 18 heavy (non-hydrogen) atoms. The van der Waals surface area contributed by atoms with Gasteiger partial charge in [-0.3, -0.25) is 4.79 Å². The summed E-state index contributed by atoms with van der Waals surface area (Å²) in [7, 11) is 0. The summed E-state index contributed by atoms with van der Waals surface area (Å²) in [5, 5.41) is 15.4. The smallest absolute Gasteiger partial charge is 0.221 e. The first-order valence-corrected chi connectivity index (χ1v) is 6.82. The molecule has 0 aliphatic heterocycles. The van der Waals surface area contributed by atoms with E-state index in [-0.39, 0.29) is 11.9 Å². The van der Waals surface area contributed by atoms with Crippen LogP contribution in [0.4, 0.5) is 0 Å². The Labute approximate surface area is 110 Å². The summed E-state index contributed by atoms with van der Waals surface area (Å²) in [4.78, 5) is 11.3. The molecule has 0 radical (unpaired) electrons. The summed E-state index contributed by atoms with van der Waals surface area (Å²) in [6.07, 6.45) is 2.05. The number of aliphatic hydroxyl groups excluding tert-OH is 1. The lowest BCUT2D eigenvalue weighted by Crippen LogP contribution is -2.35. The van der Waals surface area contributed by atoms with E-state index in [4.69, 9.17) is 4.74 Å². The molecule has 1 atom stereocenters. The first kappa shape index (κ1) is 17.4. The maximum atomic E-state index is 11.3. The second-order valence-corrected chi connectivity index (χ2v) is 4.76. The van der Waals surface area contributed by atoms with Crippen LogP contribution < -0.4 is 10.6 Å². The molecule has 3 N–H and O–H groups in total. The quantitative estimate of drug-likeness (QED) is 0.478. The highest BCUT2D eigenvalue weighted by molar-refractivity contribution is 5.76. The fourth-order valence-electron chi connectivity index (χ4n) is 1.39. The number of aliphatic hydroxyl groups is 1. The van der Waals surface area contributed by atoms with Crippen molar-refractivity contribution < 1.29 is 14.6 Å². The standard InChI is InChI=1S/C13H28N2O3/c1-4-5-8-18-10-12(16)9-14-7-6-13(17)15-11(2)3/h11-12,14,16H,4-10H2,1-3H3,(H,15,17). The molecular formula is C13H28N2O3. The van der Waals surface area contributed by atoms with Gasteiger partial charge in [-0.2, -0.15) is 0 Å². The van der Waals surface area contributed by atoms with E-state index in [1.165, 1.54) is 0 Å². The minimum Gasteiger partial charge on any atom is -0.389 e. The molecule has 108 valence electrons. The van der Waals surface area contributed by atoms with Crippen LogP contribution in [0, 0.1) is 0 Å². The summed E-state index contributed by atoms with van der Waals surface area (Å²) < 4.78 is 5.30. The number of amides is 1. The molecule has 0 saturated carbocycles. The molecule has 0 bridgehead atoms. The van der Waals surface area contributed by atoms with Gasteiger partial charge in [-0.15, -0.1) is 0 Å². The van der Waals surface area contributed by atoms with Crippen LogP contribution in [0.1, 0.15) is 40.0 Å². The first-order chi connectivity index (χ1) is 8.56. The van der Waals surface area contributed by atoms with Gasteiger partial charge in [0.2, 0.25) is 5.91 Å². The normalized spacial score (nSPS) is 12.7. The predicted octanol–water partition coefficient (Wildman–Crippen LogP) is 0.668. The van der Waals surface area contributed by atoms with Crippen molar-refractivity contribution in [3.8, 4) is 0 Å². The van der Waals surface area contributed by atoms with Crippen molar-refractivity contribution in [3.63, 3.8) is 0 Å². The number of unbranched alkanes of at least 4 members (excludes halogenated alkanes) is 1. The van der Waals surface area contributed by atoms with E-state index in [9.17, 15) is 9.90 Å². The second-order valence-electron chi connectivity index (χ2n) is 4.76. The van der Waals surface area contributed by atoms with Gasteiger partial charge in [-0.25, -0.2) is 0 Å². The molecule has 5 heteroatoms. The molecule has 5 nitrogen and oxygen atoms in total. The Morgan fingerprint density at radius 1 is 1.39 bits per heavy atom. The van der Waals surface area contributed by atoms with Crippen molar-refractivity contribution in [1.29, 1.82) is 0 Å². The van der Waals surface area contributed by atoms with Gasteiger partial charge in [-0.05, 0) is 20.3 Å². The summed E-state index contributed by atoms with van der Waals surface area (Å²) in [6, 6.07) is 0.176. The van der Waals surface area contributed by atoms with Gasteiger partial charge in [-0.1, -0.05) is 13.3 Å². The largest absolute Gasteiger partial charge is 0.389 e. The highest BCUT2D eigenvalue weighted by atomic mass is 16.5. The van der Waals surface area contributed by atoms with E-state index < -0.39 is 6.10 Å². The Kier molecular flexibility index (Phi) is 11.0. The van der Waals surface area contributed by atoms with Crippen molar-refractivity contribution >= 4 is 5.91 Å². The van der Waals surface area contributed by atoms with Crippen LogP contribution in [0.2, 0.25) is 0 Å². The molecule has 1 amide bonds. The Bertz CT molecular complexity index is 210. The van der Waals surface area contributed by atoms with E-state index in [1.54, 1.807) is 0 Å². The van der Waals surface area contributed by atoms with Crippen molar-refractivity contribution in [3.05, 3.63) is 0 Å². The van der Waals surface area contributed by atoms with Crippen LogP contribution in [0.5, 0.6) is 0 Å². The fraction of sp³-hybridized carbons (Fsp3) is 0.923. The van der Waals surface area contributed by atoms with Crippen LogP contribution in [0.25, 0.3) is 0 Å². The van der Waals surface area contributed by atoms with E-state index in [0.29, 0.717) is 32.7 Å². The lowest BCUT2D eigenvalue weighted by atomic mass is 10.3. The van der Waals surface area contributed by atoms with Crippen molar-refractivity contribution in [2.24, 2.45) is 0 Å².